The van der Waals surface area contributed by atoms with Crippen molar-refractivity contribution >= 4 is 0 Å². The van der Waals surface area contributed by atoms with E-state index in [1.165, 1.54) is 37.7 Å². The Morgan fingerprint density at radius 3 is 2.50 bits per heavy atom. The maximum absolute atomic E-state index is 3.69. The Balaban J connectivity index is 2.19. The molecule has 1 aliphatic rings. The lowest BCUT2D eigenvalue weighted by Crippen LogP contribution is -2.26. The van der Waals surface area contributed by atoms with Crippen molar-refractivity contribution < 1.29 is 0 Å². The molecule has 0 saturated carbocycles. The van der Waals surface area contributed by atoms with Crippen LogP contribution < -0.4 is 5.32 Å². The molecule has 1 aliphatic carbocycles. The number of fused-ring (bicyclic) bond motifs is 1. The monoisotopic (exact) mass is 245 g/mol. The van der Waals surface area contributed by atoms with E-state index < -0.39 is 0 Å². The summed E-state index contributed by atoms with van der Waals surface area (Å²) in [6, 6.07) is 7.68. The van der Waals surface area contributed by atoms with Gasteiger partial charge in [-0.25, -0.2) is 0 Å². The molecule has 0 radical (unpaired) electrons. The third-order valence-electron chi connectivity index (χ3n) is 4.01. The van der Waals surface area contributed by atoms with Crippen LogP contribution in [-0.2, 0) is 12.8 Å². The highest BCUT2D eigenvalue weighted by molar-refractivity contribution is 5.35. The van der Waals surface area contributed by atoms with Gasteiger partial charge in [0.25, 0.3) is 0 Å². The maximum atomic E-state index is 3.69. The summed E-state index contributed by atoms with van der Waals surface area (Å²) in [5.74, 6) is 0.651. The summed E-state index contributed by atoms with van der Waals surface area (Å²) in [6.07, 6.45) is 6.50. The van der Waals surface area contributed by atoms with Crippen LogP contribution in [0.2, 0.25) is 0 Å². The molecule has 2 rings (SSSR count). The van der Waals surface area contributed by atoms with E-state index in [2.05, 4.69) is 44.3 Å². The molecule has 1 aromatic rings. The first-order valence-electron chi connectivity index (χ1n) is 7.57. The molecule has 100 valence electrons. The second kappa shape index (κ2) is 6.38. The molecular formula is C17H27N. The standard InChI is InChI=1S/C17H27N/c1-4-11-18-17(13(2)3)16-10-9-14-7-5-6-8-15(14)12-16/h9-10,12-13,17-18H,4-8,11H2,1-3H3. The van der Waals surface area contributed by atoms with Crippen molar-refractivity contribution in [2.75, 3.05) is 6.54 Å². The van der Waals surface area contributed by atoms with E-state index in [1.54, 1.807) is 11.1 Å². The molecule has 1 unspecified atom stereocenters. The van der Waals surface area contributed by atoms with Crippen LogP contribution in [0.4, 0.5) is 0 Å². The number of hydrogen-bond acceptors (Lipinski definition) is 1. The molecule has 1 atom stereocenters. The fourth-order valence-corrected chi connectivity index (χ4v) is 2.99. The van der Waals surface area contributed by atoms with Gasteiger partial charge in [0.05, 0.1) is 0 Å². The molecule has 0 aliphatic heterocycles. The van der Waals surface area contributed by atoms with Crippen LogP contribution in [0.3, 0.4) is 0 Å². The lowest BCUT2D eigenvalue weighted by Gasteiger charge is -2.25. The number of aryl methyl sites for hydroxylation is 2. The minimum Gasteiger partial charge on any atom is -0.310 e. The van der Waals surface area contributed by atoms with Gasteiger partial charge >= 0.3 is 0 Å². The summed E-state index contributed by atoms with van der Waals surface area (Å²) < 4.78 is 0. The summed E-state index contributed by atoms with van der Waals surface area (Å²) in [4.78, 5) is 0. The second-order valence-corrected chi connectivity index (χ2v) is 5.91. The Morgan fingerprint density at radius 1 is 1.11 bits per heavy atom. The zero-order valence-electron chi connectivity index (χ0n) is 12.1. The van der Waals surface area contributed by atoms with Gasteiger partial charge < -0.3 is 5.32 Å². The summed E-state index contributed by atoms with van der Waals surface area (Å²) in [7, 11) is 0. The highest BCUT2D eigenvalue weighted by Crippen LogP contribution is 2.27. The van der Waals surface area contributed by atoms with Crippen LogP contribution in [0.5, 0.6) is 0 Å². The first-order valence-corrected chi connectivity index (χ1v) is 7.57. The summed E-state index contributed by atoms with van der Waals surface area (Å²) >= 11 is 0. The SMILES string of the molecule is CCCNC(c1ccc2c(c1)CCCC2)C(C)C. The highest BCUT2D eigenvalue weighted by atomic mass is 14.9. The lowest BCUT2D eigenvalue weighted by molar-refractivity contribution is 0.412. The van der Waals surface area contributed by atoms with E-state index in [0.29, 0.717) is 12.0 Å². The van der Waals surface area contributed by atoms with Crippen molar-refractivity contribution in [3.8, 4) is 0 Å². The van der Waals surface area contributed by atoms with E-state index in [0.717, 1.165) is 6.54 Å². The molecule has 1 heteroatoms. The van der Waals surface area contributed by atoms with Crippen molar-refractivity contribution in [2.24, 2.45) is 5.92 Å². The summed E-state index contributed by atoms with van der Waals surface area (Å²) in [5.41, 5.74) is 4.67. The molecule has 0 aromatic heterocycles. The van der Waals surface area contributed by atoms with Gasteiger partial charge in [-0.1, -0.05) is 39.0 Å². The summed E-state index contributed by atoms with van der Waals surface area (Å²) in [6.45, 7) is 7.97. The number of benzene rings is 1. The second-order valence-electron chi connectivity index (χ2n) is 5.91. The van der Waals surface area contributed by atoms with Crippen LogP contribution in [0.1, 0.15) is 62.8 Å². The van der Waals surface area contributed by atoms with Crippen molar-refractivity contribution in [3.05, 3.63) is 34.9 Å². The first kappa shape index (κ1) is 13.6. The van der Waals surface area contributed by atoms with Crippen LogP contribution in [0, 0.1) is 5.92 Å². The average Bonchev–Trinajstić information content (AvgIpc) is 2.38. The Hall–Kier alpha value is -0.820. The highest BCUT2D eigenvalue weighted by Gasteiger charge is 2.17. The Kier molecular flexibility index (Phi) is 4.82. The van der Waals surface area contributed by atoms with E-state index in [9.17, 15) is 0 Å². The van der Waals surface area contributed by atoms with Gasteiger partial charge in [-0.15, -0.1) is 0 Å². The molecule has 0 bridgehead atoms. The predicted molar refractivity (Wildman–Crippen MR) is 79.0 cm³/mol. The van der Waals surface area contributed by atoms with Gasteiger partial charge in [-0.3, -0.25) is 0 Å². The number of nitrogens with one attached hydrogen (secondary N) is 1. The van der Waals surface area contributed by atoms with Crippen LogP contribution >= 0.6 is 0 Å². The molecule has 0 saturated heterocycles. The van der Waals surface area contributed by atoms with Gasteiger partial charge in [0.15, 0.2) is 0 Å². The Bertz CT molecular complexity index is 381. The average molecular weight is 245 g/mol. The molecule has 0 spiro atoms. The maximum Gasteiger partial charge on any atom is 0.0343 e. The third kappa shape index (κ3) is 3.14. The van der Waals surface area contributed by atoms with Crippen molar-refractivity contribution in [1.82, 2.24) is 5.32 Å². The number of rotatable bonds is 5. The fourth-order valence-electron chi connectivity index (χ4n) is 2.99. The molecule has 18 heavy (non-hydrogen) atoms. The molecule has 1 aromatic carbocycles. The minimum atomic E-state index is 0.511. The topological polar surface area (TPSA) is 12.0 Å². The number of hydrogen-bond donors (Lipinski definition) is 1. The zero-order valence-corrected chi connectivity index (χ0v) is 12.1. The fraction of sp³-hybridized carbons (Fsp3) is 0.647. The van der Waals surface area contributed by atoms with Crippen LogP contribution in [0.25, 0.3) is 0 Å². The molecule has 0 heterocycles. The van der Waals surface area contributed by atoms with E-state index in [-0.39, 0.29) is 0 Å². The molecule has 1 nitrogen and oxygen atoms in total. The first-order chi connectivity index (χ1) is 8.72. The summed E-state index contributed by atoms with van der Waals surface area (Å²) in [5, 5.41) is 3.69. The van der Waals surface area contributed by atoms with Crippen LogP contribution in [0.15, 0.2) is 18.2 Å². The van der Waals surface area contributed by atoms with Gasteiger partial charge in [0.1, 0.15) is 0 Å². The predicted octanol–water partition coefficient (Wildman–Crippen LogP) is 4.26. The van der Waals surface area contributed by atoms with Crippen molar-refractivity contribution in [2.45, 2.75) is 58.9 Å². The largest absolute Gasteiger partial charge is 0.310 e. The zero-order chi connectivity index (χ0) is 13.0. The lowest BCUT2D eigenvalue weighted by atomic mass is 9.87. The molecule has 0 amide bonds. The Labute approximate surface area is 112 Å². The Morgan fingerprint density at radius 2 is 1.83 bits per heavy atom. The van der Waals surface area contributed by atoms with Gasteiger partial charge in [0, 0.05) is 6.04 Å². The molecular weight excluding hydrogens is 218 g/mol. The minimum absolute atomic E-state index is 0.511. The molecule has 1 N–H and O–H groups in total. The smallest absolute Gasteiger partial charge is 0.0343 e. The molecule has 0 fully saturated rings. The van der Waals surface area contributed by atoms with Crippen molar-refractivity contribution in [3.63, 3.8) is 0 Å². The van der Waals surface area contributed by atoms with Gasteiger partial charge in [-0.05, 0) is 61.3 Å². The normalized spacial score (nSPS) is 16.7. The van der Waals surface area contributed by atoms with E-state index >= 15 is 0 Å². The quantitative estimate of drug-likeness (QED) is 0.817. The van der Waals surface area contributed by atoms with Gasteiger partial charge in [-0.2, -0.15) is 0 Å². The van der Waals surface area contributed by atoms with E-state index in [1.807, 2.05) is 0 Å². The van der Waals surface area contributed by atoms with E-state index in [4.69, 9.17) is 0 Å². The van der Waals surface area contributed by atoms with Gasteiger partial charge in [0.2, 0.25) is 0 Å². The van der Waals surface area contributed by atoms with Crippen molar-refractivity contribution in [1.29, 1.82) is 0 Å². The van der Waals surface area contributed by atoms with Crippen LogP contribution in [-0.4, -0.2) is 6.54 Å². The third-order valence-corrected chi connectivity index (χ3v) is 4.01.